The van der Waals surface area contributed by atoms with Gasteiger partial charge in [-0.15, -0.1) is 0 Å². The lowest BCUT2D eigenvalue weighted by Crippen LogP contribution is -2.41. The van der Waals surface area contributed by atoms with Crippen molar-refractivity contribution in [1.82, 2.24) is 14.8 Å². The molecule has 0 bridgehead atoms. The van der Waals surface area contributed by atoms with Crippen molar-refractivity contribution >= 4 is 35.0 Å². The van der Waals surface area contributed by atoms with Crippen molar-refractivity contribution in [3.8, 4) is 11.5 Å². The van der Waals surface area contributed by atoms with E-state index in [1.54, 1.807) is 4.90 Å². The minimum atomic E-state index is -1.39. The number of carbonyl (C=O) groups is 3. The van der Waals surface area contributed by atoms with Crippen LogP contribution in [-0.2, 0) is 9.59 Å². The number of nitrogens with one attached hydrogen (secondary N) is 1. The van der Waals surface area contributed by atoms with Gasteiger partial charge in [0.05, 0.1) is 5.69 Å². The van der Waals surface area contributed by atoms with Crippen LogP contribution in [0.15, 0.2) is 60.8 Å². The van der Waals surface area contributed by atoms with E-state index in [2.05, 4.69) is 15.2 Å². The normalized spacial score (nSPS) is 17.3. The Hall–Kier alpha value is -4.58. The Kier molecular flexibility index (Phi) is 7.59. The number of nitrogens with zero attached hydrogens (tertiary/aromatic N) is 4. The average molecular weight is 565 g/mol. The van der Waals surface area contributed by atoms with E-state index in [1.807, 2.05) is 14.1 Å². The van der Waals surface area contributed by atoms with Gasteiger partial charge in [0.15, 0.2) is 11.6 Å². The van der Waals surface area contributed by atoms with Gasteiger partial charge in [0.2, 0.25) is 11.8 Å². The number of pyridine rings is 1. The third-order valence-corrected chi connectivity index (χ3v) is 7.47. The molecule has 10 nitrogen and oxygen atoms in total. The Morgan fingerprint density at radius 2 is 1.76 bits per heavy atom. The molecule has 0 radical (unpaired) electrons. The number of likely N-dealkylation sites (tertiary alicyclic amines) is 1. The van der Waals surface area contributed by atoms with Crippen molar-refractivity contribution in [3.05, 3.63) is 72.4 Å². The van der Waals surface area contributed by atoms with Gasteiger partial charge in [-0.25, -0.2) is 18.6 Å². The van der Waals surface area contributed by atoms with E-state index < -0.39 is 28.9 Å². The Bertz CT molecular complexity index is 1480. The van der Waals surface area contributed by atoms with Gasteiger partial charge >= 0.3 is 6.03 Å². The van der Waals surface area contributed by atoms with Gasteiger partial charge in [0, 0.05) is 43.1 Å². The maximum absolute atomic E-state index is 15.3. The molecule has 3 N–H and O–H groups in total. The molecule has 1 aromatic heterocycles. The third-order valence-electron chi connectivity index (χ3n) is 7.47. The summed E-state index contributed by atoms with van der Waals surface area (Å²) in [5.74, 6) is -2.36. The molecule has 1 aliphatic carbocycles. The van der Waals surface area contributed by atoms with Crippen LogP contribution < -0.4 is 20.7 Å². The molecule has 1 aliphatic heterocycles. The van der Waals surface area contributed by atoms with Gasteiger partial charge in [0.1, 0.15) is 22.8 Å². The first kappa shape index (κ1) is 28.0. The van der Waals surface area contributed by atoms with Gasteiger partial charge in [0.25, 0.3) is 0 Å². The first-order valence-electron chi connectivity index (χ1n) is 13.1. The van der Waals surface area contributed by atoms with Crippen molar-refractivity contribution in [3.63, 3.8) is 0 Å². The van der Waals surface area contributed by atoms with E-state index in [1.165, 1.54) is 42.6 Å². The quantitative estimate of drug-likeness (QED) is 0.395. The molecule has 2 aromatic carbocycles. The fourth-order valence-corrected chi connectivity index (χ4v) is 4.80. The Labute approximate surface area is 235 Å². The van der Waals surface area contributed by atoms with Crippen molar-refractivity contribution in [1.29, 1.82) is 0 Å². The largest absolute Gasteiger partial charge is 0.454 e. The predicted molar refractivity (Wildman–Crippen MR) is 148 cm³/mol. The second-order valence-corrected chi connectivity index (χ2v) is 10.4. The predicted octanol–water partition coefficient (Wildman–Crippen LogP) is 4.25. The van der Waals surface area contributed by atoms with E-state index in [9.17, 15) is 18.8 Å². The Balaban J connectivity index is 1.34. The molecule has 1 saturated heterocycles. The van der Waals surface area contributed by atoms with Crippen LogP contribution in [0.3, 0.4) is 0 Å². The number of likely N-dealkylation sites (N-methyl/N-ethyl adjacent to an activating group) is 1. The highest BCUT2D eigenvalue weighted by molar-refractivity contribution is 6.16. The zero-order valence-electron chi connectivity index (χ0n) is 22.6. The molecule has 41 heavy (non-hydrogen) atoms. The maximum atomic E-state index is 15.3. The number of amides is 4. The number of nitrogens with two attached hydrogens (primary N) is 1. The van der Waals surface area contributed by atoms with Gasteiger partial charge in [-0.05, 0) is 75.8 Å². The number of benzene rings is 2. The molecule has 2 aliphatic rings. The molecule has 0 unspecified atom stereocenters. The molecule has 2 heterocycles. The highest BCUT2D eigenvalue weighted by Gasteiger charge is 2.57. The number of rotatable bonds is 8. The molecule has 0 spiro atoms. The molecule has 3 aromatic rings. The van der Waals surface area contributed by atoms with Crippen LogP contribution in [-0.4, -0.2) is 65.9 Å². The summed E-state index contributed by atoms with van der Waals surface area (Å²) in [5.41, 5.74) is 4.49. The molecular weight excluding hydrogens is 534 g/mol. The number of primary amides is 1. The summed E-state index contributed by atoms with van der Waals surface area (Å²) < 4.78 is 34.6. The standard InChI is InChI=1S/C29H30F2N6O4/c1-35(2)21-10-14-36(17-21)28(40)34-25-16-22(9-13-33-25)41-24-8-7-20(15-23(24)31)37(19-5-3-18(30)4-6-19)27(39)29(11-12-29)26(32)38/h3-9,13,15-16,21H,10-12,14,17H2,1-2H3,(H2,32,38)(H,33,34,40)/t21-/m0/s1. The summed E-state index contributed by atoms with van der Waals surface area (Å²) in [7, 11) is 3.95. The van der Waals surface area contributed by atoms with Crippen LogP contribution in [0.5, 0.6) is 11.5 Å². The van der Waals surface area contributed by atoms with Crippen molar-refractivity contribution in [2.45, 2.75) is 25.3 Å². The second-order valence-electron chi connectivity index (χ2n) is 10.4. The summed E-state index contributed by atoms with van der Waals surface area (Å²) >= 11 is 0. The summed E-state index contributed by atoms with van der Waals surface area (Å²) in [6.45, 7) is 1.23. The van der Waals surface area contributed by atoms with E-state index >= 15 is 4.39 Å². The van der Waals surface area contributed by atoms with Crippen LogP contribution in [0, 0.1) is 17.0 Å². The lowest BCUT2D eigenvalue weighted by Gasteiger charge is -2.26. The van der Waals surface area contributed by atoms with Gasteiger partial charge in [-0.2, -0.15) is 0 Å². The molecular formula is C29H30F2N6O4. The summed E-state index contributed by atoms with van der Waals surface area (Å²) in [6.07, 6.45) is 2.85. The van der Waals surface area contributed by atoms with Crippen LogP contribution in [0.25, 0.3) is 0 Å². The van der Waals surface area contributed by atoms with E-state index in [0.29, 0.717) is 13.1 Å². The molecule has 5 rings (SSSR count). The minimum Gasteiger partial charge on any atom is -0.454 e. The first-order valence-corrected chi connectivity index (χ1v) is 13.1. The topological polar surface area (TPSA) is 121 Å². The number of aromatic nitrogens is 1. The molecule has 214 valence electrons. The fourth-order valence-electron chi connectivity index (χ4n) is 4.80. The van der Waals surface area contributed by atoms with Crippen LogP contribution >= 0.6 is 0 Å². The molecule has 2 fully saturated rings. The van der Waals surface area contributed by atoms with Gasteiger partial charge < -0.3 is 20.3 Å². The smallest absolute Gasteiger partial charge is 0.323 e. The molecule has 1 saturated carbocycles. The molecule has 4 amide bonds. The minimum absolute atomic E-state index is 0.114. The highest BCUT2D eigenvalue weighted by Crippen LogP contribution is 2.49. The zero-order valence-corrected chi connectivity index (χ0v) is 22.6. The number of ether oxygens (including phenoxy) is 1. The van der Waals surface area contributed by atoms with Gasteiger partial charge in [-0.1, -0.05) is 0 Å². The van der Waals surface area contributed by atoms with Crippen molar-refractivity contribution in [2.24, 2.45) is 11.1 Å². The van der Waals surface area contributed by atoms with Crippen LogP contribution in [0.1, 0.15) is 19.3 Å². The average Bonchev–Trinajstić information content (AvgIpc) is 3.60. The number of urea groups is 1. The summed E-state index contributed by atoms with van der Waals surface area (Å²) in [6, 6.07) is 11.9. The Morgan fingerprint density at radius 3 is 2.37 bits per heavy atom. The zero-order chi connectivity index (χ0) is 29.3. The number of halogens is 2. The molecule has 12 heteroatoms. The highest BCUT2D eigenvalue weighted by atomic mass is 19.1. The number of hydrogen-bond donors (Lipinski definition) is 2. The Morgan fingerprint density at radius 1 is 1.05 bits per heavy atom. The fraction of sp³-hybridized carbons (Fsp3) is 0.310. The van der Waals surface area contributed by atoms with Crippen LogP contribution in [0.4, 0.5) is 30.8 Å². The summed E-state index contributed by atoms with van der Waals surface area (Å²) in [5, 5.41) is 2.75. The number of anilines is 3. The second kappa shape index (κ2) is 11.1. The van der Waals surface area contributed by atoms with Crippen LogP contribution in [0.2, 0.25) is 0 Å². The van der Waals surface area contributed by atoms with Crippen molar-refractivity contribution < 1.29 is 27.9 Å². The third kappa shape index (κ3) is 5.82. The van der Waals surface area contributed by atoms with Crippen molar-refractivity contribution in [2.75, 3.05) is 37.4 Å². The number of carbonyl (C=O) groups excluding carboxylic acids is 3. The SMILES string of the molecule is CN(C)[C@H]1CCN(C(=O)Nc2cc(Oc3ccc(N(C(=O)C4(C(N)=O)CC4)c4ccc(F)cc4)cc3F)ccn2)C1. The van der Waals surface area contributed by atoms with E-state index in [4.69, 9.17) is 10.5 Å². The maximum Gasteiger partial charge on any atom is 0.323 e. The van der Waals surface area contributed by atoms with E-state index in [-0.39, 0.29) is 53.6 Å². The lowest BCUT2D eigenvalue weighted by atomic mass is 10.0. The van der Waals surface area contributed by atoms with E-state index in [0.717, 1.165) is 29.5 Å². The lowest BCUT2D eigenvalue weighted by molar-refractivity contribution is -0.133. The number of hydrogen-bond acceptors (Lipinski definition) is 6. The first-order chi connectivity index (χ1) is 19.6. The molecule has 1 atom stereocenters. The van der Waals surface area contributed by atoms with Gasteiger partial charge in [-0.3, -0.25) is 19.8 Å². The monoisotopic (exact) mass is 564 g/mol. The summed E-state index contributed by atoms with van der Waals surface area (Å²) in [4.78, 5) is 47.3.